The van der Waals surface area contributed by atoms with Crippen LogP contribution in [-0.4, -0.2) is 37.1 Å². The van der Waals surface area contributed by atoms with Gasteiger partial charge < -0.3 is 11.1 Å². The predicted octanol–water partition coefficient (Wildman–Crippen LogP) is 1.91. The van der Waals surface area contributed by atoms with Gasteiger partial charge in [-0.15, -0.1) is 0 Å². The van der Waals surface area contributed by atoms with Crippen LogP contribution in [0, 0.1) is 20.8 Å². The molecule has 1 heterocycles. The number of nitrogens with two attached hydrogens (primary N) is 1. The summed E-state index contributed by atoms with van der Waals surface area (Å²) in [4.78, 5) is 2.50. The van der Waals surface area contributed by atoms with E-state index in [1.165, 1.54) is 22.3 Å². The van der Waals surface area contributed by atoms with Crippen LogP contribution in [0.2, 0.25) is 0 Å². The van der Waals surface area contributed by atoms with Crippen molar-refractivity contribution in [3.05, 3.63) is 34.4 Å². The van der Waals surface area contributed by atoms with Gasteiger partial charge >= 0.3 is 0 Å². The highest BCUT2D eigenvalue weighted by atomic mass is 15.2. The molecule has 2 unspecified atom stereocenters. The van der Waals surface area contributed by atoms with Crippen molar-refractivity contribution in [1.29, 1.82) is 0 Å². The van der Waals surface area contributed by atoms with Crippen LogP contribution in [0.15, 0.2) is 12.1 Å². The van der Waals surface area contributed by atoms with Crippen molar-refractivity contribution in [2.24, 2.45) is 5.73 Å². The minimum Gasteiger partial charge on any atom is -0.323 e. The fourth-order valence-corrected chi connectivity index (χ4v) is 3.27. The summed E-state index contributed by atoms with van der Waals surface area (Å²) in [7, 11) is 0. The zero-order valence-corrected chi connectivity index (χ0v) is 12.7. The molecule has 1 aliphatic rings. The first-order chi connectivity index (χ1) is 9.00. The molecule has 3 heteroatoms. The molecule has 0 aliphatic carbocycles. The van der Waals surface area contributed by atoms with Crippen molar-refractivity contribution in [2.75, 3.05) is 26.2 Å². The number of rotatable bonds is 3. The van der Waals surface area contributed by atoms with Crippen LogP contribution in [0.5, 0.6) is 0 Å². The minimum atomic E-state index is 0.0960. The van der Waals surface area contributed by atoms with E-state index in [4.69, 9.17) is 5.73 Å². The Bertz CT molecular complexity index is 413. The molecule has 2 atom stereocenters. The van der Waals surface area contributed by atoms with Crippen LogP contribution in [0.3, 0.4) is 0 Å². The van der Waals surface area contributed by atoms with Gasteiger partial charge in [0.25, 0.3) is 0 Å². The Kier molecular flexibility index (Phi) is 4.61. The summed E-state index contributed by atoms with van der Waals surface area (Å²) in [5, 5.41) is 3.40. The molecule has 0 saturated carbocycles. The molecule has 0 aromatic heterocycles. The molecule has 19 heavy (non-hydrogen) atoms. The smallest absolute Gasteiger partial charge is 0.0455 e. The molecule has 106 valence electrons. The Morgan fingerprint density at radius 3 is 2.16 bits per heavy atom. The van der Waals surface area contributed by atoms with Gasteiger partial charge in [-0.05, 0) is 44.4 Å². The molecule has 1 aromatic rings. The van der Waals surface area contributed by atoms with E-state index in [2.05, 4.69) is 50.0 Å². The Morgan fingerprint density at radius 2 is 1.63 bits per heavy atom. The third-order valence-corrected chi connectivity index (χ3v) is 4.32. The van der Waals surface area contributed by atoms with Crippen molar-refractivity contribution in [2.45, 2.75) is 39.8 Å². The van der Waals surface area contributed by atoms with Gasteiger partial charge in [0.05, 0.1) is 0 Å². The molecule has 1 saturated heterocycles. The highest BCUT2D eigenvalue weighted by Gasteiger charge is 2.25. The third kappa shape index (κ3) is 3.16. The number of piperazine rings is 1. The van der Waals surface area contributed by atoms with Crippen LogP contribution in [-0.2, 0) is 0 Å². The summed E-state index contributed by atoms with van der Waals surface area (Å²) in [5.74, 6) is 0. The molecular formula is C16H27N3. The van der Waals surface area contributed by atoms with E-state index < -0.39 is 0 Å². The lowest BCUT2D eigenvalue weighted by atomic mass is 9.90. The Morgan fingerprint density at radius 1 is 1.11 bits per heavy atom. The number of aryl methyl sites for hydroxylation is 3. The molecule has 0 radical (unpaired) electrons. The topological polar surface area (TPSA) is 41.3 Å². The van der Waals surface area contributed by atoms with E-state index in [0.29, 0.717) is 6.04 Å². The number of nitrogens with one attached hydrogen (secondary N) is 1. The molecule has 0 amide bonds. The van der Waals surface area contributed by atoms with E-state index in [1.54, 1.807) is 0 Å². The highest BCUT2D eigenvalue weighted by Crippen LogP contribution is 2.26. The van der Waals surface area contributed by atoms with Crippen molar-refractivity contribution in [1.82, 2.24) is 10.2 Å². The molecule has 0 spiro atoms. The summed E-state index contributed by atoms with van der Waals surface area (Å²) in [5.41, 5.74) is 11.9. The fraction of sp³-hybridized carbons (Fsp3) is 0.625. The average Bonchev–Trinajstić information content (AvgIpc) is 2.37. The normalized spacial score (nSPS) is 20.3. The maximum atomic E-state index is 6.56. The molecule has 2 rings (SSSR count). The molecule has 3 N–H and O–H groups in total. The first kappa shape index (κ1) is 14.5. The second-order valence-electron chi connectivity index (χ2n) is 5.86. The Balaban J connectivity index is 2.20. The van der Waals surface area contributed by atoms with Gasteiger partial charge in [0, 0.05) is 38.3 Å². The van der Waals surface area contributed by atoms with E-state index in [1.807, 2.05) is 0 Å². The lowest BCUT2D eigenvalue weighted by Crippen LogP contribution is -2.50. The van der Waals surface area contributed by atoms with Gasteiger partial charge in [-0.25, -0.2) is 0 Å². The van der Waals surface area contributed by atoms with E-state index in [0.717, 1.165) is 26.2 Å². The van der Waals surface area contributed by atoms with Gasteiger partial charge in [-0.3, -0.25) is 4.90 Å². The van der Waals surface area contributed by atoms with Crippen molar-refractivity contribution < 1.29 is 0 Å². The van der Waals surface area contributed by atoms with Crippen LogP contribution < -0.4 is 11.1 Å². The Labute approximate surface area is 117 Å². The highest BCUT2D eigenvalue weighted by molar-refractivity contribution is 5.40. The van der Waals surface area contributed by atoms with Gasteiger partial charge in [0.1, 0.15) is 0 Å². The lowest BCUT2D eigenvalue weighted by Gasteiger charge is -2.37. The van der Waals surface area contributed by atoms with Gasteiger partial charge in [-0.1, -0.05) is 17.7 Å². The Hall–Kier alpha value is -0.900. The third-order valence-electron chi connectivity index (χ3n) is 4.32. The predicted molar refractivity (Wildman–Crippen MR) is 81.5 cm³/mol. The maximum Gasteiger partial charge on any atom is 0.0455 e. The summed E-state index contributed by atoms with van der Waals surface area (Å²) in [6.45, 7) is 13.1. The second kappa shape index (κ2) is 6.04. The quantitative estimate of drug-likeness (QED) is 0.873. The SMILES string of the molecule is Cc1cc(C)c(C(N)C(C)N2CCNCC2)c(C)c1. The van der Waals surface area contributed by atoms with E-state index >= 15 is 0 Å². The second-order valence-corrected chi connectivity index (χ2v) is 5.86. The van der Waals surface area contributed by atoms with Gasteiger partial charge in [0.2, 0.25) is 0 Å². The molecule has 1 fully saturated rings. The zero-order chi connectivity index (χ0) is 14.0. The molecule has 3 nitrogen and oxygen atoms in total. The van der Waals surface area contributed by atoms with Gasteiger partial charge in [-0.2, -0.15) is 0 Å². The number of hydrogen-bond donors (Lipinski definition) is 2. The summed E-state index contributed by atoms with van der Waals surface area (Å²) in [6.07, 6.45) is 0. The monoisotopic (exact) mass is 261 g/mol. The van der Waals surface area contributed by atoms with Crippen LogP contribution in [0.4, 0.5) is 0 Å². The van der Waals surface area contributed by atoms with Crippen LogP contribution in [0.1, 0.15) is 35.2 Å². The minimum absolute atomic E-state index is 0.0960. The number of nitrogens with zero attached hydrogens (tertiary/aromatic N) is 1. The lowest BCUT2D eigenvalue weighted by molar-refractivity contribution is 0.163. The summed E-state index contributed by atoms with van der Waals surface area (Å²) < 4.78 is 0. The largest absolute Gasteiger partial charge is 0.323 e. The molecule has 0 bridgehead atoms. The molecule has 1 aromatic carbocycles. The molecular weight excluding hydrogens is 234 g/mol. The van der Waals surface area contributed by atoms with Crippen molar-refractivity contribution in [3.8, 4) is 0 Å². The number of benzene rings is 1. The zero-order valence-electron chi connectivity index (χ0n) is 12.7. The first-order valence-electron chi connectivity index (χ1n) is 7.29. The van der Waals surface area contributed by atoms with Crippen molar-refractivity contribution >= 4 is 0 Å². The van der Waals surface area contributed by atoms with E-state index in [9.17, 15) is 0 Å². The average molecular weight is 261 g/mol. The standard InChI is InChI=1S/C16H27N3/c1-11-9-12(2)15(13(3)10-11)16(17)14(4)19-7-5-18-6-8-19/h9-10,14,16,18H,5-8,17H2,1-4H3. The summed E-state index contributed by atoms with van der Waals surface area (Å²) >= 11 is 0. The maximum absolute atomic E-state index is 6.56. The van der Waals surface area contributed by atoms with E-state index in [-0.39, 0.29) is 6.04 Å². The van der Waals surface area contributed by atoms with Crippen LogP contribution >= 0.6 is 0 Å². The van der Waals surface area contributed by atoms with Gasteiger partial charge in [0.15, 0.2) is 0 Å². The number of hydrogen-bond acceptors (Lipinski definition) is 3. The summed E-state index contributed by atoms with van der Waals surface area (Å²) in [6, 6.07) is 4.97. The van der Waals surface area contributed by atoms with Crippen LogP contribution in [0.25, 0.3) is 0 Å². The first-order valence-corrected chi connectivity index (χ1v) is 7.29. The molecule has 1 aliphatic heterocycles. The fourth-order valence-electron chi connectivity index (χ4n) is 3.27. The van der Waals surface area contributed by atoms with Crippen molar-refractivity contribution in [3.63, 3.8) is 0 Å².